The molecule has 0 unspecified atom stereocenters. The average Bonchev–Trinajstić information content (AvgIpc) is 3.17. The molecule has 3 aromatic rings. The Hall–Kier alpha value is -2.04. The number of rotatable bonds is 5. The normalized spacial score (nSPS) is 12.0. The predicted molar refractivity (Wildman–Crippen MR) is 84.4 cm³/mol. The average molecular weight is 353 g/mol. The molecular weight excluding hydrogens is 338 g/mol. The lowest BCUT2D eigenvalue weighted by Gasteiger charge is -2.03. The third-order valence-electron chi connectivity index (χ3n) is 3.10. The maximum atomic E-state index is 12.5. The fourth-order valence-corrected chi connectivity index (χ4v) is 4.57. The van der Waals surface area contributed by atoms with E-state index < -0.39 is 10.0 Å². The van der Waals surface area contributed by atoms with Gasteiger partial charge < -0.3 is 4.42 Å². The number of aryl methyl sites for hydroxylation is 3. The van der Waals surface area contributed by atoms with Crippen molar-refractivity contribution in [1.82, 2.24) is 25.1 Å². The molecule has 0 spiro atoms. The molecule has 0 aliphatic heterocycles. The van der Waals surface area contributed by atoms with Crippen molar-refractivity contribution < 1.29 is 12.8 Å². The first-order valence-corrected chi connectivity index (χ1v) is 9.06. The third-order valence-corrected chi connectivity index (χ3v) is 5.83. The summed E-state index contributed by atoms with van der Waals surface area (Å²) in [5.74, 6) is 0.615. The van der Waals surface area contributed by atoms with E-state index in [2.05, 4.69) is 25.1 Å². The number of sulfonamides is 1. The Morgan fingerprint density at radius 2 is 2.04 bits per heavy atom. The van der Waals surface area contributed by atoms with Crippen molar-refractivity contribution in [3.8, 4) is 10.6 Å². The van der Waals surface area contributed by atoms with Crippen LogP contribution in [0.15, 0.2) is 21.4 Å². The summed E-state index contributed by atoms with van der Waals surface area (Å²) in [6.07, 6.45) is 0. The number of aromatic nitrogens is 4. The molecule has 23 heavy (non-hydrogen) atoms. The molecule has 3 aromatic heterocycles. The highest BCUT2D eigenvalue weighted by molar-refractivity contribution is 7.89. The molecule has 0 aliphatic rings. The van der Waals surface area contributed by atoms with Gasteiger partial charge in [-0.1, -0.05) is 0 Å². The minimum absolute atomic E-state index is 0.0463. The molecule has 0 fully saturated rings. The van der Waals surface area contributed by atoms with Gasteiger partial charge in [-0.3, -0.25) is 5.10 Å². The molecule has 10 heteroatoms. The van der Waals surface area contributed by atoms with Gasteiger partial charge in [0, 0.05) is 17.5 Å². The second-order valence-electron chi connectivity index (χ2n) is 5.01. The topological polar surface area (TPSA) is 114 Å². The van der Waals surface area contributed by atoms with E-state index in [1.807, 2.05) is 13.0 Å². The Kier molecular flexibility index (Phi) is 4.04. The van der Waals surface area contributed by atoms with Crippen LogP contribution in [-0.2, 0) is 16.6 Å². The van der Waals surface area contributed by atoms with E-state index in [1.54, 1.807) is 19.9 Å². The van der Waals surface area contributed by atoms with E-state index in [4.69, 9.17) is 4.42 Å². The first-order chi connectivity index (χ1) is 10.8. The summed E-state index contributed by atoms with van der Waals surface area (Å²) < 4.78 is 32.6. The minimum atomic E-state index is -3.67. The van der Waals surface area contributed by atoms with Crippen molar-refractivity contribution >= 4 is 21.4 Å². The van der Waals surface area contributed by atoms with Gasteiger partial charge in [0.05, 0.1) is 16.3 Å². The fourth-order valence-electron chi connectivity index (χ4n) is 2.05. The molecular formula is C13H15N5O3S2. The van der Waals surface area contributed by atoms with Gasteiger partial charge in [-0.15, -0.1) is 21.5 Å². The van der Waals surface area contributed by atoms with E-state index in [0.717, 1.165) is 16.3 Å². The molecule has 0 atom stereocenters. The Morgan fingerprint density at radius 1 is 1.26 bits per heavy atom. The first-order valence-electron chi connectivity index (χ1n) is 6.76. The van der Waals surface area contributed by atoms with Gasteiger partial charge in [-0.05, 0) is 26.0 Å². The molecule has 2 N–H and O–H groups in total. The standard InChI is InChI=1S/C13H15N5O3S2/c1-7-4-10(17-15-7)11-5-12(8(2)22-11)23(19,20)14-6-13-18-16-9(3)21-13/h4-5,14H,6H2,1-3H3,(H,15,17). The van der Waals surface area contributed by atoms with Gasteiger partial charge >= 0.3 is 0 Å². The molecule has 8 nitrogen and oxygen atoms in total. The molecule has 0 aromatic carbocycles. The van der Waals surface area contributed by atoms with Crippen LogP contribution in [0.1, 0.15) is 22.4 Å². The SMILES string of the molecule is Cc1cc(-c2cc(S(=O)(=O)NCc3nnc(C)o3)c(C)s2)n[nH]1. The molecule has 0 bridgehead atoms. The lowest BCUT2D eigenvalue weighted by Crippen LogP contribution is -2.23. The van der Waals surface area contributed by atoms with E-state index in [9.17, 15) is 8.42 Å². The Morgan fingerprint density at radius 3 is 2.65 bits per heavy atom. The lowest BCUT2D eigenvalue weighted by molar-refractivity contribution is 0.460. The second kappa shape index (κ2) is 5.87. The zero-order valence-electron chi connectivity index (χ0n) is 12.7. The minimum Gasteiger partial charge on any atom is -0.424 e. The van der Waals surface area contributed by atoms with E-state index >= 15 is 0 Å². The van der Waals surface area contributed by atoms with Crippen LogP contribution in [0.25, 0.3) is 10.6 Å². The van der Waals surface area contributed by atoms with Crippen LogP contribution < -0.4 is 4.72 Å². The van der Waals surface area contributed by atoms with Gasteiger partial charge in [0.25, 0.3) is 0 Å². The smallest absolute Gasteiger partial charge is 0.242 e. The Bertz CT molecular complexity index is 939. The van der Waals surface area contributed by atoms with Crippen LogP contribution >= 0.6 is 11.3 Å². The Labute approximate surface area is 137 Å². The number of aromatic amines is 1. The number of hydrogen-bond acceptors (Lipinski definition) is 7. The molecule has 3 heterocycles. The summed E-state index contributed by atoms with van der Waals surface area (Å²) in [6.45, 7) is 5.25. The maximum Gasteiger partial charge on any atom is 0.242 e. The zero-order valence-corrected chi connectivity index (χ0v) is 14.4. The number of nitrogens with one attached hydrogen (secondary N) is 2. The highest BCUT2D eigenvalue weighted by Gasteiger charge is 2.21. The van der Waals surface area contributed by atoms with Crippen molar-refractivity contribution in [2.45, 2.75) is 32.2 Å². The van der Waals surface area contributed by atoms with Crippen molar-refractivity contribution in [3.63, 3.8) is 0 Å². The molecule has 0 aliphatic carbocycles. The number of H-pyrrole nitrogens is 1. The fraction of sp³-hybridized carbons (Fsp3) is 0.308. The number of thiophene rings is 1. The third kappa shape index (κ3) is 3.33. The predicted octanol–water partition coefficient (Wildman–Crippen LogP) is 1.92. The van der Waals surface area contributed by atoms with Gasteiger partial charge in [-0.2, -0.15) is 5.10 Å². The summed E-state index contributed by atoms with van der Waals surface area (Å²) in [5, 5.41) is 14.4. The summed E-state index contributed by atoms with van der Waals surface area (Å²) in [5.41, 5.74) is 1.64. The van der Waals surface area contributed by atoms with E-state index in [0.29, 0.717) is 10.8 Å². The van der Waals surface area contributed by atoms with Crippen molar-refractivity contribution in [1.29, 1.82) is 0 Å². The van der Waals surface area contributed by atoms with Crippen LogP contribution in [0.5, 0.6) is 0 Å². The molecule has 0 saturated heterocycles. The van der Waals surface area contributed by atoms with Gasteiger partial charge in [-0.25, -0.2) is 13.1 Å². The molecule has 3 rings (SSSR count). The maximum absolute atomic E-state index is 12.5. The molecule has 0 amide bonds. The zero-order chi connectivity index (χ0) is 16.6. The van der Waals surface area contributed by atoms with Crippen LogP contribution in [0.4, 0.5) is 0 Å². The summed E-state index contributed by atoms with van der Waals surface area (Å²) >= 11 is 1.38. The highest BCUT2D eigenvalue weighted by Crippen LogP contribution is 2.32. The van der Waals surface area contributed by atoms with Crippen LogP contribution in [0.2, 0.25) is 0 Å². The summed E-state index contributed by atoms with van der Waals surface area (Å²) in [7, 11) is -3.67. The number of nitrogens with zero attached hydrogens (tertiary/aromatic N) is 3. The number of hydrogen-bond donors (Lipinski definition) is 2. The summed E-state index contributed by atoms with van der Waals surface area (Å²) in [6, 6.07) is 3.49. The summed E-state index contributed by atoms with van der Waals surface area (Å²) in [4.78, 5) is 1.71. The second-order valence-corrected chi connectivity index (χ2v) is 8.00. The van der Waals surface area contributed by atoms with Crippen LogP contribution in [-0.4, -0.2) is 28.8 Å². The Balaban J connectivity index is 1.83. The first kappa shape index (κ1) is 15.8. The monoisotopic (exact) mass is 353 g/mol. The van der Waals surface area contributed by atoms with Gasteiger partial charge in [0.15, 0.2) is 0 Å². The van der Waals surface area contributed by atoms with Crippen LogP contribution in [0.3, 0.4) is 0 Å². The van der Waals surface area contributed by atoms with E-state index in [1.165, 1.54) is 11.3 Å². The quantitative estimate of drug-likeness (QED) is 0.724. The van der Waals surface area contributed by atoms with Crippen molar-refractivity contribution in [2.75, 3.05) is 0 Å². The largest absolute Gasteiger partial charge is 0.424 e. The van der Waals surface area contributed by atoms with Crippen LogP contribution in [0, 0.1) is 20.8 Å². The van der Waals surface area contributed by atoms with Crippen molar-refractivity contribution in [2.24, 2.45) is 0 Å². The molecule has 122 valence electrons. The molecule has 0 saturated carbocycles. The van der Waals surface area contributed by atoms with Crippen molar-refractivity contribution in [3.05, 3.63) is 34.5 Å². The van der Waals surface area contributed by atoms with E-state index in [-0.39, 0.29) is 17.3 Å². The van der Waals surface area contributed by atoms with Gasteiger partial charge in [0.1, 0.15) is 5.69 Å². The van der Waals surface area contributed by atoms with Gasteiger partial charge in [0.2, 0.25) is 21.8 Å². The highest BCUT2D eigenvalue weighted by atomic mass is 32.2. The lowest BCUT2D eigenvalue weighted by atomic mass is 10.3. The molecule has 0 radical (unpaired) electrons.